The molecule has 1 N–H and O–H groups in total. The van der Waals surface area contributed by atoms with Gasteiger partial charge in [-0.25, -0.2) is 8.78 Å². The fourth-order valence-corrected chi connectivity index (χ4v) is 5.16. The van der Waals surface area contributed by atoms with Crippen LogP contribution in [0.4, 0.5) is 14.5 Å². The van der Waals surface area contributed by atoms with E-state index in [1.165, 1.54) is 17.4 Å². The first-order valence-corrected chi connectivity index (χ1v) is 11.0. The number of aliphatic hydroxyl groups is 1. The van der Waals surface area contributed by atoms with Crippen LogP contribution in [0.15, 0.2) is 77.7 Å². The molecule has 0 bridgehead atoms. The number of hydrogen-bond acceptors (Lipinski definition) is 4. The average Bonchev–Trinajstić information content (AvgIpc) is 3.35. The van der Waals surface area contributed by atoms with Gasteiger partial charge in [-0.3, -0.25) is 14.5 Å². The molecule has 2 heterocycles. The summed E-state index contributed by atoms with van der Waals surface area (Å²) in [7, 11) is 0. The minimum absolute atomic E-state index is 0.0337. The van der Waals surface area contributed by atoms with E-state index < -0.39 is 29.4 Å². The zero-order chi connectivity index (χ0) is 23.3. The van der Waals surface area contributed by atoms with Gasteiger partial charge in [0.25, 0.3) is 11.7 Å². The Labute approximate surface area is 192 Å². The molecule has 164 valence electrons. The van der Waals surface area contributed by atoms with Gasteiger partial charge in [0, 0.05) is 22.2 Å². The van der Waals surface area contributed by atoms with Gasteiger partial charge < -0.3 is 5.11 Å². The number of hydrogen-bond donors (Lipinski definition) is 1. The Morgan fingerprint density at radius 3 is 2.39 bits per heavy atom. The smallest absolute Gasteiger partial charge is 0.300 e. The molecule has 5 rings (SSSR count). The van der Waals surface area contributed by atoms with Crippen molar-refractivity contribution in [2.75, 3.05) is 4.90 Å². The molecule has 4 nitrogen and oxygen atoms in total. The number of Topliss-reactive ketones (excluding diaryl/α,β-unsaturated/α-hetero) is 1. The van der Waals surface area contributed by atoms with Crippen molar-refractivity contribution in [2.45, 2.75) is 13.0 Å². The molecule has 4 aromatic rings. The molecule has 0 aliphatic carbocycles. The molecule has 1 amide bonds. The van der Waals surface area contributed by atoms with Crippen molar-refractivity contribution in [1.82, 2.24) is 0 Å². The Bertz CT molecular complexity index is 1470. The SMILES string of the molecule is Cc1ccsc1C1/C(=C(/O)c2ccc3ccccc3c2)C(=O)C(=O)N1c1ccc(F)c(F)c1. The van der Waals surface area contributed by atoms with Crippen molar-refractivity contribution in [3.63, 3.8) is 0 Å². The normalized spacial score (nSPS) is 17.8. The molecule has 1 atom stereocenters. The van der Waals surface area contributed by atoms with Gasteiger partial charge in [0.2, 0.25) is 0 Å². The standard InChI is InChI=1S/C26H17F2NO3S/c1-14-10-11-33-25(14)22-21(23(30)17-7-6-15-4-2-3-5-16(15)12-17)24(31)26(32)29(22)18-8-9-19(27)20(28)13-18/h2-13,22,30H,1H3/b23-21-. The first-order valence-electron chi connectivity index (χ1n) is 10.2. The molecular formula is C26H17F2NO3S. The van der Waals surface area contributed by atoms with Crippen molar-refractivity contribution in [2.24, 2.45) is 0 Å². The van der Waals surface area contributed by atoms with E-state index in [1.807, 2.05) is 48.7 Å². The predicted octanol–water partition coefficient (Wildman–Crippen LogP) is 6.11. The monoisotopic (exact) mass is 461 g/mol. The van der Waals surface area contributed by atoms with Crippen LogP contribution in [0.1, 0.15) is 22.0 Å². The van der Waals surface area contributed by atoms with Gasteiger partial charge in [0.15, 0.2) is 11.6 Å². The number of anilines is 1. The van der Waals surface area contributed by atoms with Gasteiger partial charge in [-0.1, -0.05) is 36.4 Å². The summed E-state index contributed by atoms with van der Waals surface area (Å²) in [6, 6.07) is 16.7. The number of amides is 1. The molecule has 1 aliphatic rings. The minimum Gasteiger partial charge on any atom is -0.507 e. The maximum absolute atomic E-state index is 14.0. The molecule has 1 aliphatic heterocycles. The number of carbonyl (C=O) groups excluding carboxylic acids is 2. The molecule has 33 heavy (non-hydrogen) atoms. The molecule has 1 fully saturated rings. The third kappa shape index (κ3) is 3.41. The van der Waals surface area contributed by atoms with E-state index in [2.05, 4.69) is 0 Å². The van der Waals surface area contributed by atoms with Crippen LogP contribution >= 0.6 is 11.3 Å². The first-order chi connectivity index (χ1) is 15.9. The number of halogens is 2. The Morgan fingerprint density at radius 1 is 0.939 bits per heavy atom. The Kier molecular flexibility index (Phi) is 5.06. The lowest BCUT2D eigenvalue weighted by Gasteiger charge is -2.25. The quantitative estimate of drug-likeness (QED) is 0.227. The number of fused-ring (bicyclic) bond motifs is 1. The summed E-state index contributed by atoms with van der Waals surface area (Å²) >= 11 is 1.32. The van der Waals surface area contributed by atoms with E-state index in [-0.39, 0.29) is 17.0 Å². The molecule has 1 saturated heterocycles. The summed E-state index contributed by atoms with van der Waals surface area (Å²) in [5.41, 5.74) is 1.14. The van der Waals surface area contributed by atoms with Crippen LogP contribution in [0.5, 0.6) is 0 Å². The van der Waals surface area contributed by atoms with Gasteiger partial charge in [-0.05, 0) is 52.9 Å². The largest absolute Gasteiger partial charge is 0.507 e. The van der Waals surface area contributed by atoms with Crippen LogP contribution in [0.2, 0.25) is 0 Å². The third-order valence-corrected chi connectivity index (χ3v) is 6.87. The van der Waals surface area contributed by atoms with Crippen molar-refractivity contribution in [1.29, 1.82) is 0 Å². The zero-order valence-electron chi connectivity index (χ0n) is 17.4. The van der Waals surface area contributed by atoms with Crippen LogP contribution in [0, 0.1) is 18.6 Å². The highest BCUT2D eigenvalue weighted by Gasteiger charge is 2.48. The highest BCUT2D eigenvalue weighted by Crippen LogP contribution is 2.45. The minimum atomic E-state index is -1.13. The topological polar surface area (TPSA) is 57.6 Å². The summed E-state index contributed by atoms with van der Waals surface area (Å²) in [5.74, 6) is -4.31. The zero-order valence-corrected chi connectivity index (χ0v) is 18.2. The molecule has 3 aromatic carbocycles. The fraction of sp³-hybridized carbons (Fsp3) is 0.0769. The van der Waals surface area contributed by atoms with Gasteiger partial charge >= 0.3 is 0 Å². The number of nitrogens with zero attached hydrogens (tertiary/aromatic N) is 1. The van der Waals surface area contributed by atoms with Gasteiger partial charge in [-0.15, -0.1) is 11.3 Å². The summed E-state index contributed by atoms with van der Waals surface area (Å²) in [6.07, 6.45) is 0. The summed E-state index contributed by atoms with van der Waals surface area (Å²) < 4.78 is 27.6. The second kappa shape index (κ2) is 7.94. The Hall–Kier alpha value is -3.84. The van der Waals surface area contributed by atoms with E-state index >= 15 is 0 Å². The second-order valence-corrected chi connectivity index (χ2v) is 8.74. The highest BCUT2D eigenvalue weighted by atomic mass is 32.1. The maximum atomic E-state index is 14.0. The van der Waals surface area contributed by atoms with Crippen molar-refractivity contribution >= 4 is 45.2 Å². The van der Waals surface area contributed by atoms with Crippen LogP contribution < -0.4 is 4.90 Å². The summed E-state index contributed by atoms with van der Waals surface area (Å²) in [6.45, 7) is 1.83. The Balaban J connectivity index is 1.74. The molecular weight excluding hydrogens is 444 g/mol. The van der Waals surface area contributed by atoms with Crippen molar-refractivity contribution in [3.05, 3.63) is 105 Å². The molecule has 0 radical (unpaired) electrons. The van der Waals surface area contributed by atoms with Crippen LogP contribution in [0.25, 0.3) is 16.5 Å². The van der Waals surface area contributed by atoms with E-state index in [4.69, 9.17) is 0 Å². The lowest BCUT2D eigenvalue weighted by atomic mass is 9.97. The summed E-state index contributed by atoms with van der Waals surface area (Å²) in [5, 5.41) is 14.9. The number of ketones is 1. The van der Waals surface area contributed by atoms with Crippen molar-refractivity contribution < 1.29 is 23.5 Å². The predicted molar refractivity (Wildman–Crippen MR) is 124 cm³/mol. The van der Waals surface area contributed by atoms with E-state index in [0.717, 1.165) is 33.4 Å². The second-order valence-electron chi connectivity index (χ2n) is 7.80. The number of thiophene rings is 1. The van der Waals surface area contributed by atoms with Crippen LogP contribution in [0.3, 0.4) is 0 Å². The molecule has 0 saturated carbocycles. The first kappa shape index (κ1) is 21.0. The number of benzene rings is 3. The van der Waals surface area contributed by atoms with Gasteiger partial charge in [0.05, 0.1) is 5.57 Å². The molecule has 7 heteroatoms. The van der Waals surface area contributed by atoms with Gasteiger partial charge in [-0.2, -0.15) is 0 Å². The summed E-state index contributed by atoms with van der Waals surface area (Å²) in [4.78, 5) is 28.0. The molecule has 1 aromatic heterocycles. The average molecular weight is 461 g/mol. The lowest BCUT2D eigenvalue weighted by Crippen LogP contribution is -2.29. The van der Waals surface area contributed by atoms with Crippen LogP contribution in [-0.4, -0.2) is 16.8 Å². The molecule has 0 spiro atoms. The van der Waals surface area contributed by atoms with E-state index in [9.17, 15) is 23.5 Å². The number of aryl methyl sites for hydroxylation is 1. The third-order valence-electron chi connectivity index (χ3n) is 5.80. The number of carbonyl (C=O) groups is 2. The van der Waals surface area contributed by atoms with E-state index in [1.54, 1.807) is 12.1 Å². The van der Waals surface area contributed by atoms with E-state index in [0.29, 0.717) is 10.4 Å². The number of aliphatic hydroxyl groups excluding tert-OH is 1. The fourth-order valence-electron chi connectivity index (χ4n) is 4.14. The lowest BCUT2D eigenvalue weighted by molar-refractivity contribution is -0.132. The Morgan fingerprint density at radius 2 is 1.70 bits per heavy atom. The van der Waals surface area contributed by atoms with Gasteiger partial charge in [0.1, 0.15) is 11.8 Å². The highest BCUT2D eigenvalue weighted by molar-refractivity contribution is 7.10. The maximum Gasteiger partial charge on any atom is 0.300 e. The van der Waals surface area contributed by atoms with Crippen LogP contribution in [-0.2, 0) is 9.59 Å². The number of rotatable bonds is 3. The molecule has 1 unspecified atom stereocenters. The van der Waals surface area contributed by atoms with Crippen molar-refractivity contribution in [3.8, 4) is 0 Å².